The van der Waals surface area contributed by atoms with Gasteiger partial charge in [0.15, 0.2) is 0 Å². The van der Waals surface area contributed by atoms with Gasteiger partial charge in [0.05, 0.1) is 6.61 Å². The van der Waals surface area contributed by atoms with E-state index in [1.54, 1.807) is 7.11 Å². The summed E-state index contributed by atoms with van der Waals surface area (Å²) in [5.41, 5.74) is 3.64. The molecule has 25 heavy (non-hydrogen) atoms. The predicted molar refractivity (Wildman–Crippen MR) is 100 cm³/mol. The Bertz CT molecular complexity index is 726. The highest BCUT2D eigenvalue weighted by molar-refractivity contribution is 5.87. The number of hydrogen-bond donors (Lipinski definition) is 0. The Labute approximate surface area is 149 Å². The zero-order valence-electron chi connectivity index (χ0n) is 14.7. The molecule has 3 nitrogen and oxygen atoms in total. The maximum Gasteiger partial charge on any atom is 0.246 e. The number of amides is 1. The molecule has 0 heterocycles. The standard InChI is InChI=1S/C22H25NO2/c1-3-22(24)23(14-18-11-7-8-12-19(18)16-25-2)15-20-13-21(20)17-9-5-4-6-10-17/h3-12,20-21H,1,13-16H2,2H3/t20-,21-/m0/s1. The topological polar surface area (TPSA) is 29.5 Å². The van der Waals surface area contributed by atoms with Crippen LogP contribution in [0.5, 0.6) is 0 Å². The lowest BCUT2D eigenvalue weighted by atomic mass is 10.1. The second kappa shape index (κ2) is 8.13. The van der Waals surface area contributed by atoms with Crippen LogP contribution in [0.4, 0.5) is 0 Å². The smallest absolute Gasteiger partial charge is 0.246 e. The molecular formula is C22H25NO2. The Balaban J connectivity index is 1.69. The molecule has 0 saturated heterocycles. The summed E-state index contributed by atoms with van der Waals surface area (Å²) < 4.78 is 5.28. The molecule has 3 rings (SSSR count). The third-order valence-corrected chi connectivity index (χ3v) is 4.87. The van der Waals surface area contributed by atoms with E-state index in [9.17, 15) is 4.79 Å². The van der Waals surface area contributed by atoms with Gasteiger partial charge in [-0.3, -0.25) is 4.79 Å². The first-order valence-corrected chi connectivity index (χ1v) is 8.75. The third-order valence-electron chi connectivity index (χ3n) is 4.87. The molecule has 1 amide bonds. The van der Waals surface area contributed by atoms with Crippen LogP contribution in [0.2, 0.25) is 0 Å². The van der Waals surface area contributed by atoms with Crippen molar-refractivity contribution in [2.45, 2.75) is 25.5 Å². The maximum absolute atomic E-state index is 12.4. The van der Waals surface area contributed by atoms with Crippen molar-refractivity contribution in [3.05, 3.63) is 83.9 Å². The molecule has 0 N–H and O–H groups in total. The first-order chi connectivity index (χ1) is 12.2. The van der Waals surface area contributed by atoms with Gasteiger partial charge in [0.2, 0.25) is 5.91 Å². The lowest BCUT2D eigenvalue weighted by molar-refractivity contribution is -0.126. The number of rotatable bonds is 8. The molecule has 0 bridgehead atoms. The molecule has 130 valence electrons. The predicted octanol–water partition coefficient (Wildman–Crippen LogP) is 4.15. The number of ether oxygens (including phenoxy) is 1. The van der Waals surface area contributed by atoms with Crippen molar-refractivity contribution < 1.29 is 9.53 Å². The van der Waals surface area contributed by atoms with Crippen LogP contribution in [0.25, 0.3) is 0 Å². The Morgan fingerprint density at radius 1 is 1.16 bits per heavy atom. The summed E-state index contributed by atoms with van der Waals surface area (Å²) in [5.74, 6) is 1.09. The van der Waals surface area contributed by atoms with E-state index < -0.39 is 0 Å². The molecular weight excluding hydrogens is 310 g/mol. The second-order valence-electron chi connectivity index (χ2n) is 6.64. The highest BCUT2D eigenvalue weighted by atomic mass is 16.5. The van der Waals surface area contributed by atoms with Gasteiger partial charge in [0, 0.05) is 20.2 Å². The number of benzene rings is 2. The molecule has 3 heteroatoms. The molecule has 1 fully saturated rings. The van der Waals surface area contributed by atoms with Crippen LogP contribution in [0.15, 0.2) is 67.3 Å². The third kappa shape index (κ3) is 4.37. The quantitative estimate of drug-likeness (QED) is 0.678. The average Bonchev–Trinajstić information content (AvgIpc) is 3.42. The number of carbonyl (C=O) groups excluding carboxylic acids is 1. The fraction of sp³-hybridized carbons (Fsp3) is 0.318. The zero-order valence-corrected chi connectivity index (χ0v) is 14.7. The zero-order chi connectivity index (χ0) is 17.6. The van der Waals surface area contributed by atoms with Gasteiger partial charge >= 0.3 is 0 Å². The van der Waals surface area contributed by atoms with Gasteiger partial charge in [0.25, 0.3) is 0 Å². The van der Waals surface area contributed by atoms with Crippen LogP contribution in [0.3, 0.4) is 0 Å². The molecule has 1 aliphatic rings. The van der Waals surface area contributed by atoms with Crippen LogP contribution in [-0.4, -0.2) is 24.5 Å². The van der Waals surface area contributed by atoms with E-state index in [1.807, 2.05) is 23.1 Å². The van der Waals surface area contributed by atoms with Gasteiger partial charge in [0.1, 0.15) is 0 Å². The molecule has 0 aliphatic heterocycles. The molecule has 0 spiro atoms. The van der Waals surface area contributed by atoms with Crippen LogP contribution < -0.4 is 0 Å². The van der Waals surface area contributed by atoms with E-state index >= 15 is 0 Å². The Morgan fingerprint density at radius 3 is 2.52 bits per heavy atom. The monoisotopic (exact) mass is 335 g/mol. The van der Waals surface area contributed by atoms with Crippen molar-refractivity contribution in [3.63, 3.8) is 0 Å². The number of methoxy groups -OCH3 is 1. The highest BCUT2D eigenvalue weighted by Gasteiger charge is 2.39. The number of carbonyl (C=O) groups is 1. The summed E-state index contributed by atoms with van der Waals surface area (Å²) in [4.78, 5) is 14.3. The fourth-order valence-electron chi connectivity index (χ4n) is 3.42. The number of nitrogens with zero attached hydrogens (tertiary/aromatic N) is 1. The Hall–Kier alpha value is -2.39. The van der Waals surface area contributed by atoms with E-state index in [1.165, 1.54) is 11.6 Å². The van der Waals surface area contributed by atoms with Crippen LogP contribution in [0, 0.1) is 5.92 Å². The molecule has 1 aliphatic carbocycles. The van der Waals surface area contributed by atoms with Gasteiger partial charge in [-0.25, -0.2) is 0 Å². The fourth-order valence-corrected chi connectivity index (χ4v) is 3.42. The largest absolute Gasteiger partial charge is 0.380 e. The summed E-state index contributed by atoms with van der Waals surface area (Å²) in [6.07, 6.45) is 2.56. The van der Waals surface area contributed by atoms with Crippen LogP contribution >= 0.6 is 0 Å². The molecule has 2 atom stereocenters. The SMILES string of the molecule is C=CC(=O)N(Cc1ccccc1COC)C[C@@H]1C[C@H]1c1ccccc1. The molecule has 0 unspecified atom stereocenters. The first kappa shape index (κ1) is 17.4. The van der Waals surface area contributed by atoms with Gasteiger partial charge < -0.3 is 9.64 Å². The Kier molecular flexibility index (Phi) is 5.67. The molecule has 0 aromatic heterocycles. The van der Waals surface area contributed by atoms with Gasteiger partial charge in [-0.15, -0.1) is 0 Å². The van der Waals surface area contributed by atoms with Crippen molar-refractivity contribution in [1.82, 2.24) is 4.90 Å². The molecule has 2 aromatic carbocycles. The average molecular weight is 335 g/mol. The number of hydrogen-bond acceptors (Lipinski definition) is 2. The maximum atomic E-state index is 12.4. The van der Waals surface area contributed by atoms with Crippen LogP contribution in [-0.2, 0) is 22.7 Å². The van der Waals surface area contributed by atoms with E-state index in [-0.39, 0.29) is 5.91 Å². The Morgan fingerprint density at radius 2 is 1.84 bits per heavy atom. The van der Waals surface area contributed by atoms with E-state index in [4.69, 9.17) is 4.74 Å². The highest BCUT2D eigenvalue weighted by Crippen LogP contribution is 2.47. The van der Waals surface area contributed by atoms with Gasteiger partial charge in [-0.2, -0.15) is 0 Å². The van der Waals surface area contributed by atoms with Crippen LogP contribution in [0.1, 0.15) is 29.0 Å². The van der Waals surface area contributed by atoms with Crippen molar-refractivity contribution in [1.29, 1.82) is 0 Å². The summed E-state index contributed by atoms with van der Waals surface area (Å²) >= 11 is 0. The summed E-state index contributed by atoms with van der Waals surface area (Å²) in [6.45, 7) is 5.60. The lowest BCUT2D eigenvalue weighted by Gasteiger charge is -2.23. The van der Waals surface area contributed by atoms with E-state index in [2.05, 4.69) is 43.0 Å². The van der Waals surface area contributed by atoms with Crippen molar-refractivity contribution >= 4 is 5.91 Å². The van der Waals surface area contributed by atoms with Crippen molar-refractivity contribution in [2.24, 2.45) is 5.92 Å². The van der Waals surface area contributed by atoms with E-state index in [0.29, 0.717) is 25.0 Å². The minimum absolute atomic E-state index is 0.00840. The second-order valence-corrected chi connectivity index (χ2v) is 6.64. The molecule has 1 saturated carbocycles. The molecule has 2 aromatic rings. The van der Waals surface area contributed by atoms with Crippen molar-refractivity contribution in [3.8, 4) is 0 Å². The minimum atomic E-state index is -0.00840. The summed E-state index contributed by atoms with van der Waals surface area (Å²) in [6, 6.07) is 18.7. The molecule has 0 radical (unpaired) electrons. The normalized spacial score (nSPS) is 18.6. The first-order valence-electron chi connectivity index (χ1n) is 8.75. The van der Waals surface area contributed by atoms with Gasteiger partial charge in [-0.1, -0.05) is 61.2 Å². The van der Waals surface area contributed by atoms with Crippen molar-refractivity contribution in [2.75, 3.05) is 13.7 Å². The minimum Gasteiger partial charge on any atom is -0.380 e. The summed E-state index contributed by atoms with van der Waals surface area (Å²) in [5, 5.41) is 0. The summed E-state index contributed by atoms with van der Waals surface area (Å²) in [7, 11) is 1.69. The van der Waals surface area contributed by atoms with E-state index in [0.717, 1.165) is 24.1 Å². The van der Waals surface area contributed by atoms with Gasteiger partial charge in [-0.05, 0) is 41.0 Å². The lowest BCUT2D eigenvalue weighted by Crippen LogP contribution is -2.31.